The second-order valence-corrected chi connectivity index (χ2v) is 5.66. The number of oxime groups is 1. The van der Waals surface area contributed by atoms with E-state index in [9.17, 15) is 8.42 Å². The molecule has 1 rings (SSSR count). The van der Waals surface area contributed by atoms with Crippen LogP contribution in [0.2, 0.25) is 0 Å². The Hall–Kier alpha value is -1.66. The highest BCUT2D eigenvalue weighted by Gasteiger charge is 2.22. The predicted molar refractivity (Wildman–Crippen MR) is 70.4 cm³/mol. The molecule has 0 aliphatic heterocycles. The van der Waals surface area contributed by atoms with Crippen LogP contribution in [0.5, 0.6) is 0 Å². The van der Waals surface area contributed by atoms with Crippen LogP contribution in [0.4, 0.5) is 0 Å². The van der Waals surface area contributed by atoms with Crippen molar-refractivity contribution in [2.45, 2.75) is 11.8 Å². The van der Waals surface area contributed by atoms with Crippen molar-refractivity contribution in [2.24, 2.45) is 5.16 Å². The van der Waals surface area contributed by atoms with Gasteiger partial charge >= 0.3 is 0 Å². The average Bonchev–Trinajstić information content (AvgIpc) is 2.35. The zero-order valence-electron chi connectivity index (χ0n) is 10.2. The maximum Gasteiger partial charge on any atom is 0.243 e. The van der Waals surface area contributed by atoms with Gasteiger partial charge in [-0.2, -0.15) is 4.31 Å². The number of sulfonamides is 1. The Morgan fingerprint density at radius 1 is 1.33 bits per heavy atom. The second-order valence-electron chi connectivity index (χ2n) is 3.72. The van der Waals surface area contributed by atoms with Gasteiger partial charge in [-0.1, -0.05) is 23.8 Å². The van der Waals surface area contributed by atoms with Crippen LogP contribution < -0.4 is 0 Å². The molecule has 6 heteroatoms. The third kappa shape index (κ3) is 3.41. The van der Waals surface area contributed by atoms with Crippen molar-refractivity contribution in [3.63, 3.8) is 0 Å². The van der Waals surface area contributed by atoms with Crippen molar-refractivity contribution in [1.82, 2.24) is 4.31 Å². The Bertz CT molecular complexity index is 521. The molecule has 98 valence electrons. The van der Waals surface area contributed by atoms with Gasteiger partial charge in [0.05, 0.1) is 17.7 Å². The van der Waals surface area contributed by atoms with E-state index in [4.69, 9.17) is 5.21 Å². The Kier molecular flexibility index (Phi) is 5.06. The first kappa shape index (κ1) is 14.4. The van der Waals surface area contributed by atoms with Crippen LogP contribution in [0.1, 0.15) is 5.56 Å². The maximum absolute atomic E-state index is 12.3. The molecule has 18 heavy (non-hydrogen) atoms. The molecule has 1 aromatic rings. The van der Waals surface area contributed by atoms with Crippen molar-refractivity contribution >= 4 is 16.2 Å². The first-order chi connectivity index (χ1) is 8.52. The SMILES string of the molecule is C=CCN(CC=NO)S(=O)(=O)c1ccc(C)cc1. The van der Waals surface area contributed by atoms with Gasteiger partial charge in [0, 0.05) is 6.54 Å². The lowest BCUT2D eigenvalue weighted by Crippen LogP contribution is -2.32. The maximum atomic E-state index is 12.3. The fourth-order valence-corrected chi connectivity index (χ4v) is 2.74. The van der Waals surface area contributed by atoms with Gasteiger partial charge in [0.15, 0.2) is 0 Å². The summed E-state index contributed by atoms with van der Waals surface area (Å²) in [7, 11) is -3.59. The second kappa shape index (κ2) is 6.32. The third-order valence-electron chi connectivity index (χ3n) is 2.36. The number of rotatable bonds is 6. The van der Waals surface area contributed by atoms with E-state index < -0.39 is 10.0 Å². The minimum absolute atomic E-state index is 0.00126. The lowest BCUT2D eigenvalue weighted by atomic mass is 10.2. The molecule has 5 nitrogen and oxygen atoms in total. The molecule has 0 bridgehead atoms. The summed E-state index contributed by atoms with van der Waals surface area (Å²) in [5, 5.41) is 11.2. The lowest BCUT2D eigenvalue weighted by Gasteiger charge is -2.18. The first-order valence-corrected chi connectivity index (χ1v) is 6.80. The van der Waals surface area contributed by atoms with E-state index in [2.05, 4.69) is 11.7 Å². The van der Waals surface area contributed by atoms with Crippen LogP contribution >= 0.6 is 0 Å². The number of nitrogens with zero attached hydrogens (tertiary/aromatic N) is 2. The van der Waals surface area contributed by atoms with Crippen LogP contribution in [-0.4, -0.2) is 37.2 Å². The van der Waals surface area contributed by atoms with Gasteiger partial charge in [0.25, 0.3) is 0 Å². The van der Waals surface area contributed by atoms with Crippen LogP contribution in [0.25, 0.3) is 0 Å². The quantitative estimate of drug-likeness (QED) is 0.369. The smallest absolute Gasteiger partial charge is 0.243 e. The lowest BCUT2D eigenvalue weighted by molar-refractivity contribution is 0.319. The number of hydrogen-bond acceptors (Lipinski definition) is 4. The van der Waals surface area contributed by atoms with E-state index in [0.717, 1.165) is 11.8 Å². The Morgan fingerprint density at radius 2 is 1.94 bits per heavy atom. The van der Waals surface area contributed by atoms with Crippen LogP contribution in [0.3, 0.4) is 0 Å². The molecule has 0 atom stereocenters. The Morgan fingerprint density at radius 3 is 2.44 bits per heavy atom. The van der Waals surface area contributed by atoms with Crippen LogP contribution in [0, 0.1) is 6.92 Å². The molecule has 0 amide bonds. The Balaban J connectivity index is 3.07. The molecule has 0 aromatic heterocycles. The number of benzene rings is 1. The van der Waals surface area contributed by atoms with Crippen molar-refractivity contribution in [3.8, 4) is 0 Å². The summed E-state index contributed by atoms with van der Waals surface area (Å²) in [6, 6.07) is 6.58. The highest BCUT2D eigenvalue weighted by Crippen LogP contribution is 2.15. The van der Waals surface area contributed by atoms with Crippen LogP contribution in [-0.2, 0) is 10.0 Å². The zero-order valence-corrected chi connectivity index (χ0v) is 11.0. The van der Waals surface area contributed by atoms with Gasteiger partial charge in [-0.15, -0.1) is 11.7 Å². The normalized spacial score (nSPS) is 12.1. The molecular formula is C12H16N2O3S. The summed E-state index contributed by atoms with van der Waals surface area (Å²) in [5.41, 5.74) is 0.987. The van der Waals surface area contributed by atoms with Crippen molar-refractivity contribution in [1.29, 1.82) is 0 Å². The summed E-state index contributed by atoms with van der Waals surface area (Å²) >= 11 is 0. The van der Waals surface area contributed by atoms with Gasteiger partial charge in [-0.05, 0) is 19.1 Å². The molecular weight excluding hydrogens is 252 g/mol. The van der Waals surface area contributed by atoms with Gasteiger partial charge in [-0.3, -0.25) is 0 Å². The summed E-state index contributed by atoms with van der Waals surface area (Å²) in [5.74, 6) is 0. The van der Waals surface area contributed by atoms with E-state index in [1.54, 1.807) is 24.3 Å². The highest BCUT2D eigenvalue weighted by molar-refractivity contribution is 7.89. The molecule has 0 aliphatic carbocycles. The predicted octanol–water partition coefficient (Wildman–Crippen LogP) is 1.63. The zero-order chi connectivity index (χ0) is 13.6. The van der Waals surface area contributed by atoms with Crippen LogP contribution in [0.15, 0.2) is 47.0 Å². The fourth-order valence-electron chi connectivity index (χ4n) is 1.40. The minimum atomic E-state index is -3.59. The molecule has 0 aliphatic rings. The first-order valence-electron chi connectivity index (χ1n) is 5.36. The summed E-state index contributed by atoms with van der Waals surface area (Å²) in [4.78, 5) is 0.210. The molecule has 0 unspecified atom stereocenters. The van der Waals surface area contributed by atoms with Crippen molar-refractivity contribution in [2.75, 3.05) is 13.1 Å². The van der Waals surface area contributed by atoms with E-state index >= 15 is 0 Å². The molecule has 0 saturated heterocycles. The third-order valence-corrected chi connectivity index (χ3v) is 4.20. The minimum Gasteiger partial charge on any atom is -0.411 e. The largest absolute Gasteiger partial charge is 0.411 e. The summed E-state index contributed by atoms with van der Waals surface area (Å²) in [6.07, 6.45) is 2.60. The van der Waals surface area contributed by atoms with Gasteiger partial charge in [0.2, 0.25) is 10.0 Å². The van der Waals surface area contributed by atoms with Gasteiger partial charge < -0.3 is 5.21 Å². The summed E-state index contributed by atoms with van der Waals surface area (Å²) < 4.78 is 25.7. The number of hydrogen-bond donors (Lipinski definition) is 1. The van der Waals surface area contributed by atoms with Gasteiger partial charge in [0.1, 0.15) is 0 Å². The van der Waals surface area contributed by atoms with E-state index in [0.29, 0.717) is 0 Å². The highest BCUT2D eigenvalue weighted by atomic mass is 32.2. The molecule has 1 N–H and O–H groups in total. The standard InChI is InChI=1S/C12H16N2O3S/c1-3-9-14(10-8-13-15)18(16,17)12-6-4-11(2)5-7-12/h3-8,15H,1,9-10H2,2H3. The monoisotopic (exact) mass is 268 g/mol. The molecule has 0 fully saturated rings. The molecule has 1 aromatic carbocycles. The van der Waals surface area contributed by atoms with Gasteiger partial charge in [-0.25, -0.2) is 8.42 Å². The Labute approximate surface area is 107 Å². The average molecular weight is 268 g/mol. The van der Waals surface area contributed by atoms with E-state index in [1.807, 2.05) is 6.92 Å². The molecule has 0 spiro atoms. The molecule has 0 radical (unpaired) electrons. The topological polar surface area (TPSA) is 70.0 Å². The van der Waals surface area contributed by atoms with E-state index in [-0.39, 0.29) is 18.0 Å². The molecule has 0 saturated carbocycles. The molecule has 0 heterocycles. The number of aryl methyl sites for hydroxylation is 1. The van der Waals surface area contributed by atoms with E-state index in [1.165, 1.54) is 10.4 Å². The fraction of sp³-hybridized carbons (Fsp3) is 0.250. The van der Waals surface area contributed by atoms with Crippen molar-refractivity contribution in [3.05, 3.63) is 42.5 Å². The van der Waals surface area contributed by atoms with Crippen molar-refractivity contribution < 1.29 is 13.6 Å². The summed E-state index contributed by atoms with van der Waals surface area (Å²) in [6.45, 7) is 5.56.